The van der Waals surface area contributed by atoms with E-state index in [0.717, 1.165) is 0 Å². The summed E-state index contributed by atoms with van der Waals surface area (Å²) in [4.78, 5) is 4.56. The first-order valence-electron chi connectivity index (χ1n) is 5.34. The third kappa shape index (κ3) is 3.94. The molecule has 0 spiro atoms. The van der Waals surface area contributed by atoms with Crippen LogP contribution in [0, 0.1) is 0 Å². The summed E-state index contributed by atoms with van der Waals surface area (Å²) in [6.07, 6.45) is 1.60. The van der Waals surface area contributed by atoms with Crippen LogP contribution in [0.3, 0.4) is 0 Å². The number of hydrogen-bond acceptors (Lipinski definition) is 3. The molecule has 0 saturated heterocycles. The van der Waals surface area contributed by atoms with Crippen molar-refractivity contribution in [2.75, 3.05) is 7.05 Å². The van der Waals surface area contributed by atoms with Gasteiger partial charge in [-0.05, 0) is 33.9 Å². The number of hydrogen-bond donors (Lipinski definition) is 1. The zero-order chi connectivity index (χ0) is 13.1. The summed E-state index contributed by atoms with van der Waals surface area (Å²) in [6.45, 7) is 5.87. The average molecular weight is 254 g/mol. The fraction of sp³-hybridized carbons (Fsp3) is 0.417. The number of rotatable bonds is 3. The number of benzene rings is 1. The monoisotopic (exact) mass is 254 g/mol. The van der Waals surface area contributed by atoms with Crippen LogP contribution in [0.4, 0.5) is 0 Å². The fourth-order valence-corrected chi connectivity index (χ4v) is 2.11. The Morgan fingerprint density at radius 2 is 1.82 bits per heavy atom. The van der Waals surface area contributed by atoms with Gasteiger partial charge in [0, 0.05) is 11.8 Å². The van der Waals surface area contributed by atoms with Gasteiger partial charge in [-0.15, -0.1) is 0 Å². The second-order valence-electron chi connectivity index (χ2n) is 4.67. The van der Waals surface area contributed by atoms with Crippen molar-refractivity contribution in [1.29, 1.82) is 0 Å². The van der Waals surface area contributed by atoms with Gasteiger partial charge in [-0.3, -0.25) is 4.99 Å². The molecule has 0 atom stereocenters. The van der Waals surface area contributed by atoms with Gasteiger partial charge in [0.1, 0.15) is 0 Å². The molecule has 4 nitrogen and oxygen atoms in total. The summed E-state index contributed by atoms with van der Waals surface area (Å²) in [5.41, 5.74) is 0.369. The van der Waals surface area contributed by atoms with E-state index in [1.807, 2.05) is 20.8 Å². The van der Waals surface area contributed by atoms with E-state index >= 15 is 0 Å². The van der Waals surface area contributed by atoms with Crippen LogP contribution < -0.4 is 4.72 Å². The molecule has 0 bridgehead atoms. The molecule has 94 valence electrons. The highest BCUT2D eigenvalue weighted by Crippen LogP contribution is 2.14. The van der Waals surface area contributed by atoms with E-state index in [1.165, 1.54) is 7.05 Å². The zero-order valence-corrected chi connectivity index (χ0v) is 11.4. The number of nitrogens with one attached hydrogen (secondary N) is 1. The molecular formula is C12H18N2O2S. The van der Waals surface area contributed by atoms with Crippen molar-refractivity contribution in [2.24, 2.45) is 4.99 Å². The molecule has 1 aromatic carbocycles. The second-order valence-corrected chi connectivity index (χ2v) is 6.53. The van der Waals surface area contributed by atoms with Gasteiger partial charge in [0.05, 0.1) is 10.4 Å². The Bertz CT molecular complexity index is 514. The second kappa shape index (κ2) is 4.98. The van der Waals surface area contributed by atoms with Crippen LogP contribution in [0.1, 0.15) is 26.3 Å². The SMILES string of the molecule is CNS(=O)(=O)c1ccccc1C=NC(C)(C)C. The maximum Gasteiger partial charge on any atom is 0.240 e. The van der Waals surface area contributed by atoms with Gasteiger partial charge in [-0.2, -0.15) is 0 Å². The lowest BCUT2D eigenvalue weighted by molar-refractivity contribution is 0.584. The van der Waals surface area contributed by atoms with Crippen LogP contribution in [0.15, 0.2) is 34.2 Å². The molecule has 1 rings (SSSR count). The maximum atomic E-state index is 11.8. The maximum absolute atomic E-state index is 11.8. The van der Waals surface area contributed by atoms with Crippen molar-refractivity contribution >= 4 is 16.2 Å². The van der Waals surface area contributed by atoms with E-state index in [4.69, 9.17) is 0 Å². The van der Waals surface area contributed by atoms with E-state index in [-0.39, 0.29) is 10.4 Å². The Hall–Kier alpha value is -1.20. The van der Waals surface area contributed by atoms with Gasteiger partial charge in [-0.1, -0.05) is 18.2 Å². The lowest BCUT2D eigenvalue weighted by Gasteiger charge is -2.12. The molecule has 5 heteroatoms. The van der Waals surface area contributed by atoms with Crippen LogP contribution in [-0.2, 0) is 10.0 Å². The molecular weight excluding hydrogens is 236 g/mol. The zero-order valence-electron chi connectivity index (χ0n) is 10.6. The number of sulfonamides is 1. The molecule has 0 heterocycles. The average Bonchev–Trinajstić information content (AvgIpc) is 2.26. The van der Waals surface area contributed by atoms with Gasteiger partial charge in [0.15, 0.2) is 0 Å². The van der Waals surface area contributed by atoms with Crippen molar-refractivity contribution in [3.05, 3.63) is 29.8 Å². The molecule has 0 unspecified atom stereocenters. The molecule has 0 aliphatic rings. The first kappa shape index (κ1) is 13.9. The molecule has 17 heavy (non-hydrogen) atoms. The largest absolute Gasteiger partial charge is 0.287 e. The normalized spacial score (nSPS) is 13.2. The minimum atomic E-state index is -3.44. The fourth-order valence-electron chi connectivity index (χ4n) is 1.21. The molecule has 0 radical (unpaired) electrons. The molecule has 0 amide bonds. The van der Waals surface area contributed by atoms with Crippen LogP contribution >= 0.6 is 0 Å². The van der Waals surface area contributed by atoms with Gasteiger partial charge < -0.3 is 0 Å². The van der Waals surface area contributed by atoms with Crippen molar-refractivity contribution in [3.63, 3.8) is 0 Å². The third-order valence-corrected chi connectivity index (χ3v) is 3.56. The minimum absolute atomic E-state index is 0.226. The Morgan fingerprint density at radius 1 is 1.24 bits per heavy atom. The predicted octanol–water partition coefficient (Wildman–Crippen LogP) is 1.81. The molecule has 0 fully saturated rings. The van der Waals surface area contributed by atoms with Crippen molar-refractivity contribution in [1.82, 2.24) is 4.72 Å². The van der Waals surface area contributed by atoms with Gasteiger partial charge in [0.25, 0.3) is 0 Å². The molecule has 1 N–H and O–H groups in total. The Labute approximate surface area is 103 Å². The lowest BCUT2D eigenvalue weighted by Crippen LogP contribution is -2.20. The quantitative estimate of drug-likeness (QED) is 0.836. The van der Waals surface area contributed by atoms with E-state index in [0.29, 0.717) is 5.56 Å². The summed E-state index contributed by atoms with van der Waals surface area (Å²) in [6, 6.07) is 6.78. The topological polar surface area (TPSA) is 58.5 Å². The Balaban J connectivity index is 3.23. The number of nitrogens with zero attached hydrogens (tertiary/aromatic N) is 1. The van der Waals surface area contributed by atoms with Gasteiger partial charge in [-0.25, -0.2) is 13.1 Å². The first-order valence-corrected chi connectivity index (χ1v) is 6.82. The van der Waals surface area contributed by atoms with E-state index in [2.05, 4.69) is 9.71 Å². The third-order valence-electron chi connectivity index (χ3n) is 2.07. The van der Waals surface area contributed by atoms with Crippen LogP contribution in [0.2, 0.25) is 0 Å². The molecule has 0 aliphatic carbocycles. The molecule has 0 saturated carbocycles. The van der Waals surface area contributed by atoms with E-state index in [1.54, 1.807) is 30.5 Å². The van der Waals surface area contributed by atoms with Crippen molar-refractivity contribution in [3.8, 4) is 0 Å². The highest BCUT2D eigenvalue weighted by molar-refractivity contribution is 7.89. The molecule has 0 aromatic heterocycles. The highest BCUT2D eigenvalue weighted by atomic mass is 32.2. The predicted molar refractivity (Wildman–Crippen MR) is 70.0 cm³/mol. The Kier molecular flexibility index (Phi) is 4.06. The molecule has 0 aliphatic heterocycles. The minimum Gasteiger partial charge on any atom is -0.287 e. The smallest absolute Gasteiger partial charge is 0.240 e. The lowest BCUT2D eigenvalue weighted by atomic mass is 10.1. The van der Waals surface area contributed by atoms with Crippen molar-refractivity contribution in [2.45, 2.75) is 31.2 Å². The summed E-state index contributed by atoms with van der Waals surface area (Å²) in [7, 11) is -2.04. The number of aliphatic imine (C=N–C) groups is 1. The summed E-state index contributed by atoms with van der Waals surface area (Å²) in [5.74, 6) is 0. The Morgan fingerprint density at radius 3 is 2.35 bits per heavy atom. The van der Waals surface area contributed by atoms with Gasteiger partial charge >= 0.3 is 0 Å². The first-order chi connectivity index (χ1) is 7.76. The summed E-state index contributed by atoms with van der Waals surface area (Å²) >= 11 is 0. The van der Waals surface area contributed by atoms with Gasteiger partial charge in [0.2, 0.25) is 10.0 Å². The molecule has 1 aromatic rings. The summed E-state index contributed by atoms with van der Waals surface area (Å²) < 4.78 is 25.9. The van der Waals surface area contributed by atoms with E-state index in [9.17, 15) is 8.42 Å². The summed E-state index contributed by atoms with van der Waals surface area (Å²) in [5, 5.41) is 0. The van der Waals surface area contributed by atoms with Crippen LogP contribution in [0.5, 0.6) is 0 Å². The standard InChI is InChI=1S/C12H18N2O2S/c1-12(2,3)14-9-10-7-5-6-8-11(10)17(15,16)13-4/h5-9,13H,1-4H3. The van der Waals surface area contributed by atoms with Crippen molar-refractivity contribution < 1.29 is 8.42 Å². The van der Waals surface area contributed by atoms with E-state index < -0.39 is 10.0 Å². The van der Waals surface area contributed by atoms with Crippen LogP contribution in [-0.4, -0.2) is 27.2 Å². The van der Waals surface area contributed by atoms with Crippen LogP contribution in [0.25, 0.3) is 0 Å². The highest BCUT2D eigenvalue weighted by Gasteiger charge is 2.15.